The molecule has 2 rings (SSSR count). The van der Waals surface area contributed by atoms with Crippen molar-refractivity contribution in [1.82, 2.24) is 9.38 Å². The molecule has 0 aliphatic carbocycles. The van der Waals surface area contributed by atoms with Crippen LogP contribution in [0.2, 0.25) is 0 Å². The SMILES string of the molecule is CCCCOCc1cn2cccc(C(F)(F)F)c2n1. The number of pyridine rings is 1. The summed E-state index contributed by atoms with van der Waals surface area (Å²) in [5, 5.41) is 0. The van der Waals surface area contributed by atoms with E-state index in [0.29, 0.717) is 12.3 Å². The predicted octanol–water partition coefficient (Wildman–Crippen LogP) is 3.67. The number of rotatable bonds is 5. The first kappa shape index (κ1) is 13.9. The summed E-state index contributed by atoms with van der Waals surface area (Å²) in [6.07, 6.45) is 0.669. The smallest absolute Gasteiger partial charge is 0.375 e. The van der Waals surface area contributed by atoms with Crippen LogP contribution in [-0.2, 0) is 17.5 Å². The molecule has 0 saturated heterocycles. The Labute approximate surface area is 109 Å². The van der Waals surface area contributed by atoms with Crippen molar-refractivity contribution in [1.29, 1.82) is 0 Å². The molecule has 0 fully saturated rings. The summed E-state index contributed by atoms with van der Waals surface area (Å²) in [4.78, 5) is 3.99. The van der Waals surface area contributed by atoms with E-state index in [9.17, 15) is 13.2 Å². The van der Waals surface area contributed by atoms with Crippen molar-refractivity contribution in [2.45, 2.75) is 32.5 Å². The van der Waals surface area contributed by atoms with Crippen molar-refractivity contribution < 1.29 is 17.9 Å². The van der Waals surface area contributed by atoms with Gasteiger partial charge in [0.05, 0.1) is 17.9 Å². The Bertz CT molecular complexity index is 548. The molecule has 0 amide bonds. The average molecular weight is 272 g/mol. The van der Waals surface area contributed by atoms with Crippen LogP contribution in [0.4, 0.5) is 13.2 Å². The van der Waals surface area contributed by atoms with Crippen LogP contribution in [0.1, 0.15) is 31.0 Å². The van der Waals surface area contributed by atoms with Crippen LogP contribution in [0.3, 0.4) is 0 Å². The summed E-state index contributed by atoms with van der Waals surface area (Å²) in [6.45, 7) is 2.87. The minimum absolute atomic E-state index is 0.0795. The van der Waals surface area contributed by atoms with Gasteiger partial charge in [-0.2, -0.15) is 13.2 Å². The van der Waals surface area contributed by atoms with E-state index in [1.54, 1.807) is 12.4 Å². The second-order valence-electron chi connectivity index (χ2n) is 4.29. The molecule has 0 aliphatic rings. The lowest BCUT2D eigenvalue weighted by Gasteiger charge is -2.06. The molecule has 0 saturated carbocycles. The molecule has 2 heterocycles. The van der Waals surface area contributed by atoms with Gasteiger partial charge in [-0.25, -0.2) is 4.98 Å². The molecule has 0 aromatic carbocycles. The molecule has 0 spiro atoms. The number of imidazole rings is 1. The Balaban J connectivity index is 2.20. The van der Waals surface area contributed by atoms with Crippen molar-refractivity contribution in [3.05, 3.63) is 35.8 Å². The maximum atomic E-state index is 12.8. The Morgan fingerprint density at radius 3 is 2.84 bits per heavy atom. The van der Waals surface area contributed by atoms with E-state index in [4.69, 9.17) is 4.74 Å². The summed E-state index contributed by atoms with van der Waals surface area (Å²) in [5.41, 5.74) is -0.299. The molecule has 0 bridgehead atoms. The van der Waals surface area contributed by atoms with Crippen molar-refractivity contribution in [3.8, 4) is 0 Å². The summed E-state index contributed by atoms with van der Waals surface area (Å²) in [6, 6.07) is 2.39. The summed E-state index contributed by atoms with van der Waals surface area (Å²) in [7, 11) is 0. The van der Waals surface area contributed by atoms with Crippen molar-refractivity contribution in [2.75, 3.05) is 6.61 Å². The van der Waals surface area contributed by atoms with Gasteiger partial charge in [0, 0.05) is 19.0 Å². The van der Waals surface area contributed by atoms with Crippen LogP contribution in [0, 0.1) is 0 Å². The molecular formula is C13H15F3N2O. The van der Waals surface area contributed by atoms with Gasteiger partial charge < -0.3 is 9.14 Å². The number of unbranched alkanes of at least 4 members (excludes halogenated alkanes) is 1. The van der Waals surface area contributed by atoms with E-state index in [0.717, 1.165) is 18.9 Å². The molecule has 2 aromatic heterocycles. The molecule has 6 heteroatoms. The van der Waals surface area contributed by atoms with Gasteiger partial charge in [0.25, 0.3) is 0 Å². The quantitative estimate of drug-likeness (QED) is 0.776. The van der Waals surface area contributed by atoms with E-state index in [1.807, 2.05) is 6.92 Å². The minimum atomic E-state index is -4.39. The van der Waals surface area contributed by atoms with E-state index in [-0.39, 0.29) is 12.3 Å². The summed E-state index contributed by atoms with van der Waals surface area (Å²) >= 11 is 0. The fourth-order valence-corrected chi connectivity index (χ4v) is 1.78. The molecule has 0 aliphatic heterocycles. The molecular weight excluding hydrogens is 257 g/mol. The Kier molecular flexibility index (Phi) is 4.09. The van der Waals surface area contributed by atoms with Crippen LogP contribution >= 0.6 is 0 Å². The monoisotopic (exact) mass is 272 g/mol. The number of alkyl halides is 3. The first-order valence-corrected chi connectivity index (χ1v) is 6.14. The second-order valence-corrected chi connectivity index (χ2v) is 4.29. The van der Waals surface area contributed by atoms with Crippen LogP contribution < -0.4 is 0 Å². The molecule has 0 radical (unpaired) electrons. The van der Waals surface area contributed by atoms with Crippen molar-refractivity contribution in [3.63, 3.8) is 0 Å². The van der Waals surface area contributed by atoms with E-state index in [2.05, 4.69) is 4.98 Å². The lowest BCUT2D eigenvalue weighted by atomic mass is 10.2. The van der Waals surface area contributed by atoms with Gasteiger partial charge in [-0.1, -0.05) is 13.3 Å². The highest BCUT2D eigenvalue weighted by Crippen LogP contribution is 2.31. The zero-order chi connectivity index (χ0) is 13.9. The molecule has 0 unspecified atom stereocenters. The number of ether oxygens (including phenoxy) is 1. The normalized spacial score (nSPS) is 12.2. The Hall–Kier alpha value is -1.56. The van der Waals surface area contributed by atoms with Crippen molar-refractivity contribution >= 4 is 5.65 Å². The van der Waals surface area contributed by atoms with Gasteiger partial charge in [-0.3, -0.25) is 0 Å². The minimum Gasteiger partial charge on any atom is -0.375 e. The topological polar surface area (TPSA) is 26.5 Å². The summed E-state index contributed by atoms with van der Waals surface area (Å²) < 4.78 is 45.1. The maximum absolute atomic E-state index is 12.8. The van der Waals surface area contributed by atoms with Crippen LogP contribution in [-0.4, -0.2) is 16.0 Å². The van der Waals surface area contributed by atoms with E-state index < -0.39 is 11.7 Å². The van der Waals surface area contributed by atoms with Crippen LogP contribution in [0.15, 0.2) is 24.5 Å². The van der Waals surface area contributed by atoms with Gasteiger partial charge in [0.1, 0.15) is 5.65 Å². The molecule has 0 atom stereocenters. The fourth-order valence-electron chi connectivity index (χ4n) is 1.78. The average Bonchev–Trinajstić information content (AvgIpc) is 2.75. The third-order valence-electron chi connectivity index (χ3n) is 2.73. The number of aromatic nitrogens is 2. The van der Waals surface area contributed by atoms with Gasteiger partial charge in [0.15, 0.2) is 0 Å². The third kappa shape index (κ3) is 3.26. The Morgan fingerprint density at radius 2 is 2.16 bits per heavy atom. The van der Waals surface area contributed by atoms with Gasteiger partial charge in [-0.15, -0.1) is 0 Å². The number of hydrogen-bond acceptors (Lipinski definition) is 2. The van der Waals surface area contributed by atoms with Gasteiger partial charge in [0.2, 0.25) is 0 Å². The van der Waals surface area contributed by atoms with Crippen molar-refractivity contribution in [2.24, 2.45) is 0 Å². The molecule has 3 nitrogen and oxygen atoms in total. The summed E-state index contributed by atoms with van der Waals surface area (Å²) in [5.74, 6) is 0. The van der Waals surface area contributed by atoms with E-state index >= 15 is 0 Å². The molecule has 2 aromatic rings. The number of nitrogens with zero attached hydrogens (tertiary/aromatic N) is 2. The lowest BCUT2D eigenvalue weighted by molar-refractivity contribution is -0.136. The second kappa shape index (κ2) is 5.61. The predicted molar refractivity (Wildman–Crippen MR) is 64.8 cm³/mol. The number of halogens is 3. The van der Waals surface area contributed by atoms with Crippen LogP contribution in [0.5, 0.6) is 0 Å². The third-order valence-corrected chi connectivity index (χ3v) is 2.73. The zero-order valence-electron chi connectivity index (χ0n) is 10.6. The largest absolute Gasteiger partial charge is 0.419 e. The lowest BCUT2D eigenvalue weighted by Crippen LogP contribution is -2.07. The molecule has 19 heavy (non-hydrogen) atoms. The Morgan fingerprint density at radius 1 is 1.37 bits per heavy atom. The first-order valence-electron chi connectivity index (χ1n) is 6.14. The van der Waals surface area contributed by atoms with E-state index in [1.165, 1.54) is 10.5 Å². The number of hydrogen-bond donors (Lipinski definition) is 0. The molecule has 0 N–H and O–H groups in total. The first-order chi connectivity index (χ1) is 9.02. The highest BCUT2D eigenvalue weighted by atomic mass is 19.4. The number of fused-ring (bicyclic) bond motifs is 1. The fraction of sp³-hybridized carbons (Fsp3) is 0.462. The van der Waals surface area contributed by atoms with Gasteiger partial charge in [-0.05, 0) is 18.6 Å². The zero-order valence-corrected chi connectivity index (χ0v) is 10.6. The highest BCUT2D eigenvalue weighted by molar-refractivity contribution is 5.50. The standard InChI is InChI=1S/C13H15F3N2O/c1-2-3-7-19-9-10-8-18-6-4-5-11(12(18)17-10)13(14,15)16/h4-6,8H,2-3,7,9H2,1H3. The molecule has 104 valence electrons. The maximum Gasteiger partial charge on any atom is 0.419 e. The highest BCUT2D eigenvalue weighted by Gasteiger charge is 2.33. The van der Waals surface area contributed by atoms with Crippen LogP contribution in [0.25, 0.3) is 5.65 Å². The van der Waals surface area contributed by atoms with Gasteiger partial charge >= 0.3 is 6.18 Å².